The minimum atomic E-state index is 0.223. The van der Waals surface area contributed by atoms with Crippen molar-refractivity contribution < 1.29 is 4.79 Å². The third-order valence-electron chi connectivity index (χ3n) is 7.03. The van der Waals surface area contributed by atoms with E-state index in [0.717, 1.165) is 67.1 Å². The van der Waals surface area contributed by atoms with Crippen LogP contribution < -0.4 is 0 Å². The quantitative estimate of drug-likeness (QED) is 0.137. The normalized spacial score (nSPS) is 14.1. The Kier molecular flexibility index (Phi) is 10.5. The molecule has 0 radical (unpaired) electrons. The first-order valence-corrected chi connectivity index (χ1v) is 15.6. The second-order valence-electron chi connectivity index (χ2n) is 9.94. The molecule has 212 valence electrons. The van der Waals surface area contributed by atoms with Crippen LogP contribution in [0.25, 0.3) is 11.8 Å². The largest absolute Gasteiger partial charge is 0.340 e. The van der Waals surface area contributed by atoms with Gasteiger partial charge in [0.1, 0.15) is 5.82 Å². The third-order valence-corrected chi connectivity index (χ3v) is 8.79. The van der Waals surface area contributed by atoms with E-state index in [1.54, 1.807) is 17.8 Å². The molecule has 1 aromatic heterocycles. The van der Waals surface area contributed by atoms with Crippen molar-refractivity contribution in [3.05, 3.63) is 112 Å². The number of halogens is 2. The molecule has 5 rings (SSSR count). The van der Waals surface area contributed by atoms with Gasteiger partial charge in [-0.25, -0.2) is 0 Å². The number of hydrogen-bond donors (Lipinski definition) is 0. The van der Waals surface area contributed by atoms with Crippen molar-refractivity contribution >= 4 is 46.9 Å². The van der Waals surface area contributed by atoms with Crippen molar-refractivity contribution in [2.45, 2.75) is 24.4 Å². The predicted octanol–water partition coefficient (Wildman–Crippen LogP) is 6.89. The van der Waals surface area contributed by atoms with Gasteiger partial charge in [0.15, 0.2) is 5.16 Å². The van der Waals surface area contributed by atoms with Crippen molar-refractivity contribution in [3.8, 4) is 5.69 Å². The third kappa shape index (κ3) is 8.23. The Labute approximate surface area is 256 Å². The lowest BCUT2D eigenvalue weighted by Gasteiger charge is -2.34. The molecule has 4 aromatic rings. The maximum absolute atomic E-state index is 12.9. The molecular weight excluding hydrogens is 573 g/mol. The van der Waals surface area contributed by atoms with Crippen LogP contribution in [0.5, 0.6) is 0 Å². The molecule has 0 aliphatic carbocycles. The lowest BCUT2D eigenvalue weighted by atomic mass is 10.1. The summed E-state index contributed by atoms with van der Waals surface area (Å²) < 4.78 is 2.03. The number of aromatic nitrogens is 3. The fourth-order valence-electron chi connectivity index (χ4n) is 4.80. The molecule has 1 amide bonds. The number of carbonyl (C=O) groups excluding carboxylic acids is 1. The Morgan fingerprint density at radius 1 is 0.878 bits per heavy atom. The molecule has 0 unspecified atom stereocenters. The zero-order valence-electron chi connectivity index (χ0n) is 22.8. The average molecular weight is 607 g/mol. The second-order valence-corrected chi connectivity index (χ2v) is 11.8. The van der Waals surface area contributed by atoms with Gasteiger partial charge < -0.3 is 4.90 Å². The van der Waals surface area contributed by atoms with Gasteiger partial charge in [0, 0.05) is 51.3 Å². The average Bonchev–Trinajstić information content (AvgIpc) is 3.40. The highest BCUT2D eigenvalue weighted by Gasteiger charge is 2.21. The Bertz CT molecular complexity index is 1450. The first kappa shape index (κ1) is 29.4. The summed E-state index contributed by atoms with van der Waals surface area (Å²) in [7, 11) is 0. The van der Waals surface area contributed by atoms with Gasteiger partial charge >= 0.3 is 0 Å². The number of hydrogen-bond acceptors (Lipinski definition) is 5. The highest BCUT2D eigenvalue weighted by molar-refractivity contribution is 7.99. The Morgan fingerprint density at radius 3 is 2.34 bits per heavy atom. The number of piperazine rings is 1. The van der Waals surface area contributed by atoms with E-state index in [9.17, 15) is 4.79 Å². The van der Waals surface area contributed by atoms with Gasteiger partial charge in [-0.05, 0) is 35.7 Å². The van der Waals surface area contributed by atoms with E-state index in [2.05, 4.69) is 51.5 Å². The van der Waals surface area contributed by atoms with Crippen LogP contribution in [0.3, 0.4) is 0 Å². The summed E-state index contributed by atoms with van der Waals surface area (Å²) in [5, 5.41) is 10.8. The van der Waals surface area contributed by atoms with Crippen LogP contribution in [-0.2, 0) is 11.2 Å². The van der Waals surface area contributed by atoms with Crippen molar-refractivity contribution in [1.82, 2.24) is 24.6 Å². The minimum absolute atomic E-state index is 0.223. The second kappa shape index (κ2) is 14.7. The molecule has 0 saturated carbocycles. The Balaban J connectivity index is 1.12. The van der Waals surface area contributed by atoms with E-state index in [1.165, 1.54) is 5.56 Å². The van der Waals surface area contributed by atoms with Gasteiger partial charge in [-0.15, -0.1) is 10.2 Å². The van der Waals surface area contributed by atoms with E-state index < -0.39 is 0 Å². The van der Waals surface area contributed by atoms with Gasteiger partial charge in [-0.1, -0.05) is 108 Å². The molecule has 3 aromatic carbocycles. The number of benzene rings is 3. The van der Waals surface area contributed by atoms with Crippen LogP contribution in [0.2, 0.25) is 10.0 Å². The highest BCUT2D eigenvalue weighted by Crippen LogP contribution is 2.29. The van der Waals surface area contributed by atoms with Crippen LogP contribution >= 0.6 is 35.0 Å². The predicted molar refractivity (Wildman–Crippen MR) is 169 cm³/mol. The molecule has 0 spiro atoms. The zero-order chi connectivity index (χ0) is 28.4. The molecule has 1 saturated heterocycles. The van der Waals surface area contributed by atoms with Gasteiger partial charge in [0.05, 0.1) is 15.7 Å². The molecule has 1 aliphatic rings. The van der Waals surface area contributed by atoms with Crippen LogP contribution in [0, 0.1) is 0 Å². The number of nitrogens with zero attached hydrogens (tertiary/aromatic N) is 5. The Hall–Kier alpha value is -3.10. The lowest BCUT2D eigenvalue weighted by Crippen LogP contribution is -2.48. The fraction of sp³-hybridized carbons (Fsp3) is 0.281. The van der Waals surface area contributed by atoms with Crippen LogP contribution in [0.1, 0.15) is 29.8 Å². The molecule has 1 fully saturated rings. The van der Waals surface area contributed by atoms with Crippen LogP contribution in [0.15, 0.2) is 90.1 Å². The van der Waals surface area contributed by atoms with Crippen LogP contribution in [0.4, 0.5) is 0 Å². The number of carbonyl (C=O) groups is 1. The number of thioether (sulfide) groups is 1. The van der Waals surface area contributed by atoms with Crippen LogP contribution in [-0.4, -0.2) is 68.9 Å². The molecule has 2 heterocycles. The molecular formula is C32H33Cl2N5OS. The van der Waals surface area contributed by atoms with Crippen molar-refractivity contribution in [2.24, 2.45) is 0 Å². The molecule has 0 N–H and O–H groups in total. The molecule has 0 bridgehead atoms. The van der Waals surface area contributed by atoms with E-state index in [4.69, 9.17) is 23.2 Å². The van der Waals surface area contributed by atoms with Crippen molar-refractivity contribution in [1.29, 1.82) is 0 Å². The van der Waals surface area contributed by atoms with Gasteiger partial charge in [-0.2, -0.15) is 0 Å². The maximum atomic E-state index is 12.9. The molecule has 0 atom stereocenters. The van der Waals surface area contributed by atoms with Gasteiger partial charge in [0.2, 0.25) is 5.91 Å². The van der Waals surface area contributed by atoms with E-state index in [0.29, 0.717) is 22.9 Å². The summed E-state index contributed by atoms with van der Waals surface area (Å²) in [6, 6.07) is 26.1. The summed E-state index contributed by atoms with van der Waals surface area (Å²) in [5.74, 6) is 1.81. The van der Waals surface area contributed by atoms with E-state index >= 15 is 0 Å². The highest BCUT2D eigenvalue weighted by atomic mass is 35.5. The SMILES string of the molecule is O=C(CCCSc1nnc(Cc2ccccc2)n1-c1ccc(Cl)c(Cl)c1)N1CCN(C/C=C/c2ccccc2)CC1. The molecule has 41 heavy (non-hydrogen) atoms. The van der Waals surface area contributed by atoms with Gasteiger partial charge in [-0.3, -0.25) is 14.3 Å². The summed E-state index contributed by atoms with van der Waals surface area (Å²) in [5.41, 5.74) is 3.22. The Morgan fingerprint density at radius 2 is 1.61 bits per heavy atom. The standard InChI is InChI=1S/C32H33Cl2N5OS/c33-28-16-15-27(24-29(28)34)39-30(23-26-11-5-2-6-12-26)35-36-32(39)41-22-8-14-31(40)38-20-18-37(19-21-38)17-7-13-25-9-3-1-4-10-25/h1-7,9-13,15-16,24H,8,14,17-23H2/b13-7+. The lowest BCUT2D eigenvalue weighted by molar-refractivity contribution is -0.132. The number of rotatable bonds is 11. The topological polar surface area (TPSA) is 54.3 Å². The molecule has 9 heteroatoms. The summed E-state index contributed by atoms with van der Waals surface area (Å²) in [6.07, 6.45) is 6.29. The number of amides is 1. The summed E-state index contributed by atoms with van der Waals surface area (Å²) >= 11 is 14.1. The smallest absolute Gasteiger partial charge is 0.222 e. The summed E-state index contributed by atoms with van der Waals surface area (Å²) in [6.45, 7) is 4.26. The van der Waals surface area contributed by atoms with Crippen molar-refractivity contribution in [3.63, 3.8) is 0 Å². The zero-order valence-corrected chi connectivity index (χ0v) is 25.2. The maximum Gasteiger partial charge on any atom is 0.222 e. The molecule has 6 nitrogen and oxygen atoms in total. The first-order chi connectivity index (χ1) is 20.1. The summed E-state index contributed by atoms with van der Waals surface area (Å²) in [4.78, 5) is 17.3. The minimum Gasteiger partial charge on any atom is -0.340 e. The fourth-order valence-corrected chi connectivity index (χ4v) is 6.00. The molecule has 1 aliphatic heterocycles. The van der Waals surface area contributed by atoms with E-state index in [1.807, 2.05) is 58.0 Å². The van der Waals surface area contributed by atoms with E-state index in [-0.39, 0.29) is 5.91 Å². The van der Waals surface area contributed by atoms with Crippen molar-refractivity contribution in [2.75, 3.05) is 38.5 Å². The van der Waals surface area contributed by atoms with Gasteiger partial charge in [0.25, 0.3) is 0 Å². The first-order valence-electron chi connectivity index (χ1n) is 13.8. The monoisotopic (exact) mass is 605 g/mol.